The summed E-state index contributed by atoms with van der Waals surface area (Å²) < 4.78 is 5.23. The van der Waals surface area contributed by atoms with Gasteiger partial charge in [-0.3, -0.25) is 9.59 Å². The van der Waals surface area contributed by atoms with Gasteiger partial charge in [-0.1, -0.05) is 24.3 Å². The van der Waals surface area contributed by atoms with Crippen molar-refractivity contribution in [2.24, 2.45) is 0 Å². The largest absolute Gasteiger partial charge is 0.462 e. The predicted octanol–water partition coefficient (Wildman–Crippen LogP) is 3.90. The molecule has 2 aliphatic carbocycles. The number of benzene rings is 1. The molecule has 1 N–H and O–H groups in total. The highest BCUT2D eigenvalue weighted by Gasteiger charge is 2.46. The molecular weight excluding hydrogens is 362 g/mol. The van der Waals surface area contributed by atoms with Gasteiger partial charge in [-0.15, -0.1) is 11.3 Å². The molecule has 1 heterocycles. The molecule has 27 heavy (non-hydrogen) atoms. The maximum Gasteiger partial charge on any atom is 0.341 e. The molecule has 1 amide bonds. The molecule has 0 aliphatic heterocycles. The molecule has 0 saturated heterocycles. The van der Waals surface area contributed by atoms with Gasteiger partial charge in [-0.05, 0) is 37.3 Å². The monoisotopic (exact) mass is 383 g/mol. The van der Waals surface area contributed by atoms with E-state index in [0.717, 1.165) is 28.0 Å². The molecule has 2 aromatic rings. The number of ether oxygens (including phenoxy) is 1. The molecule has 6 heteroatoms. The number of carbonyl (C=O) groups excluding carboxylic acids is 3. The van der Waals surface area contributed by atoms with Crippen LogP contribution in [0, 0.1) is 0 Å². The van der Waals surface area contributed by atoms with E-state index < -0.39 is 5.97 Å². The van der Waals surface area contributed by atoms with Crippen molar-refractivity contribution in [2.45, 2.75) is 44.9 Å². The van der Waals surface area contributed by atoms with Crippen molar-refractivity contribution in [3.8, 4) is 0 Å². The Hall–Kier alpha value is -2.47. The lowest BCUT2D eigenvalue weighted by molar-refractivity contribution is -0.114. The number of ketones is 1. The number of hydrogen-bond donors (Lipinski definition) is 1. The summed E-state index contributed by atoms with van der Waals surface area (Å²) in [5.41, 5.74) is 3.19. The van der Waals surface area contributed by atoms with Crippen molar-refractivity contribution >= 4 is 34.0 Å². The average molecular weight is 383 g/mol. The third-order valence-electron chi connectivity index (χ3n) is 5.51. The van der Waals surface area contributed by atoms with E-state index in [1.54, 1.807) is 6.92 Å². The molecule has 0 bridgehead atoms. The second kappa shape index (κ2) is 6.60. The smallest absolute Gasteiger partial charge is 0.341 e. The summed E-state index contributed by atoms with van der Waals surface area (Å²) in [7, 11) is 0. The second-order valence-corrected chi connectivity index (χ2v) is 8.32. The van der Waals surface area contributed by atoms with E-state index in [2.05, 4.69) is 11.4 Å². The molecular formula is C21H21NO4S. The van der Waals surface area contributed by atoms with E-state index in [-0.39, 0.29) is 23.7 Å². The van der Waals surface area contributed by atoms with E-state index in [1.165, 1.54) is 18.3 Å². The zero-order valence-corrected chi connectivity index (χ0v) is 16.2. The Bertz CT molecular complexity index is 961. The number of carbonyl (C=O) groups is 3. The number of hydrogen-bond acceptors (Lipinski definition) is 5. The van der Waals surface area contributed by atoms with Crippen LogP contribution in [0.5, 0.6) is 0 Å². The van der Waals surface area contributed by atoms with E-state index in [1.807, 2.05) is 18.2 Å². The number of nitrogens with one attached hydrogen (secondary N) is 1. The van der Waals surface area contributed by atoms with Crippen molar-refractivity contribution in [1.29, 1.82) is 0 Å². The Morgan fingerprint density at radius 3 is 2.78 bits per heavy atom. The molecule has 4 rings (SSSR count). The molecule has 1 aromatic heterocycles. The van der Waals surface area contributed by atoms with Crippen LogP contribution in [-0.2, 0) is 27.8 Å². The first-order chi connectivity index (χ1) is 12.9. The zero-order valence-electron chi connectivity index (χ0n) is 15.4. The van der Waals surface area contributed by atoms with E-state index >= 15 is 0 Å². The number of anilines is 1. The van der Waals surface area contributed by atoms with Crippen molar-refractivity contribution < 1.29 is 19.1 Å². The van der Waals surface area contributed by atoms with Gasteiger partial charge in [0, 0.05) is 29.2 Å². The van der Waals surface area contributed by atoms with Gasteiger partial charge >= 0.3 is 5.97 Å². The van der Waals surface area contributed by atoms with Gasteiger partial charge < -0.3 is 10.1 Å². The minimum Gasteiger partial charge on any atom is -0.462 e. The molecule has 1 atom stereocenters. The van der Waals surface area contributed by atoms with Gasteiger partial charge in [0.1, 0.15) is 5.00 Å². The summed E-state index contributed by atoms with van der Waals surface area (Å²) in [5, 5.41) is 3.34. The van der Waals surface area contributed by atoms with Gasteiger partial charge in [0.15, 0.2) is 5.78 Å². The van der Waals surface area contributed by atoms with Crippen LogP contribution in [0.2, 0.25) is 0 Å². The lowest BCUT2D eigenvalue weighted by atomic mass is 9.70. The van der Waals surface area contributed by atoms with Gasteiger partial charge in [-0.2, -0.15) is 0 Å². The average Bonchev–Trinajstić information content (AvgIpc) is 3.10. The first kappa shape index (κ1) is 17.9. The van der Waals surface area contributed by atoms with Crippen LogP contribution in [0.4, 0.5) is 5.00 Å². The maximum absolute atomic E-state index is 12.5. The van der Waals surface area contributed by atoms with Gasteiger partial charge in [0.05, 0.1) is 12.2 Å². The van der Waals surface area contributed by atoms with Gasteiger partial charge in [0.25, 0.3) is 0 Å². The molecule has 1 spiro atoms. The van der Waals surface area contributed by atoms with Gasteiger partial charge in [0.2, 0.25) is 5.91 Å². The summed E-state index contributed by atoms with van der Waals surface area (Å²) in [5.74, 6) is -0.411. The fraction of sp³-hybridized carbons (Fsp3) is 0.381. The quantitative estimate of drug-likeness (QED) is 0.816. The molecule has 1 unspecified atom stereocenters. The Morgan fingerprint density at radius 2 is 2.04 bits per heavy atom. The van der Waals surface area contributed by atoms with Crippen LogP contribution in [0.1, 0.15) is 63.4 Å². The lowest BCUT2D eigenvalue weighted by Crippen LogP contribution is -2.31. The van der Waals surface area contributed by atoms with Crippen LogP contribution in [0.3, 0.4) is 0 Å². The highest BCUT2D eigenvalue weighted by molar-refractivity contribution is 7.17. The van der Waals surface area contributed by atoms with Crippen LogP contribution < -0.4 is 5.32 Å². The lowest BCUT2D eigenvalue weighted by Gasteiger charge is -2.34. The molecule has 5 nitrogen and oxygen atoms in total. The number of esters is 1. The molecule has 0 radical (unpaired) electrons. The molecule has 2 aliphatic rings. The SMILES string of the molecule is CCOC(=O)c1c(NC(C)=O)sc2c1CCC1(CC(=O)c3ccccc31)C2. The summed E-state index contributed by atoms with van der Waals surface area (Å²) >= 11 is 1.44. The predicted molar refractivity (Wildman–Crippen MR) is 104 cm³/mol. The van der Waals surface area contributed by atoms with Crippen molar-refractivity contribution in [2.75, 3.05) is 11.9 Å². The third-order valence-corrected chi connectivity index (χ3v) is 6.66. The number of amides is 1. The van der Waals surface area contributed by atoms with Gasteiger partial charge in [-0.25, -0.2) is 4.79 Å². The molecule has 1 aromatic carbocycles. The van der Waals surface area contributed by atoms with Crippen molar-refractivity contribution in [3.63, 3.8) is 0 Å². The Morgan fingerprint density at radius 1 is 1.26 bits per heavy atom. The fourth-order valence-electron chi connectivity index (χ4n) is 4.41. The normalized spacial score (nSPS) is 20.3. The number of thiophene rings is 1. The standard InChI is InChI=1S/C21H21NO4S/c1-3-26-20(25)18-14-8-9-21(11-17(14)27-19(18)22-12(2)23)10-16(24)13-6-4-5-7-15(13)21/h4-7H,3,8-11H2,1-2H3,(H,22,23). The first-order valence-corrected chi connectivity index (χ1v) is 9.99. The fourth-order valence-corrected chi connectivity index (χ4v) is 5.84. The van der Waals surface area contributed by atoms with Crippen LogP contribution >= 0.6 is 11.3 Å². The Labute approximate surface area is 161 Å². The minimum atomic E-state index is -0.391. The van der Waals surface area contributed by atoms with Crippen molar-refractivity contribution in [1.82, 2.24) is 0 Å². The first-order valence-electron chi connectivity index (χ1n) is 9.17. The summed E-state index contributed by atoms with van der Waals surface area (Å²) in [4.78, 5) is 37.7. The van der Waals surface area contributed by atoms with Crippen molar-refractivity contribution in [3.05, 3.63) is 51.4 Å². The Kier molecular flexibility index (Phi) is 4.38. The van der Waals surface area contributed by atoms with Crippen LogP contribution in [0.15, 0.2) is 24.3 Å². The Balaban J connectivity index is 1.77. The maximum atomic E-state index is 12.5. The minimum absolute atomic E-state index is 0.193. The third kappa shape index (κ3) is 2.88. The summed E-state index contributed by atoms with van der Waals surface area (Å²) in [6, 6.07) is 7.85. The summed E-state index contributed by atoms with van der Waals surface area (Å²) in [6.07, 6.45) is 2.72. The molecule has 140 valence electrons. The second-order valence-electron chi connectivity index (χ2n) is 7.21. The van der Waals surface area contributed by atoms with Crippen LogP contribution in [-0.4, -0.2) is 24.3 Å². The van der Waals surface area contributed by atoms with Crippen LogP contribution in [0.25, 0.3) is 0 Å². The van der Waals surface area contributed by atoms with E-state index in [0.29, 0.717) is 29.8 Å². The number of fused-ring (bicyclic) bond motifs is 3. The summed E-state index contributed by atoms with van der Waals surface area (Å²) in [6.45, 7) is 3.49. The number of rotatable bonds is 3. The zero-order chi connectivity index (χ0) is 19.2. The molecule has 0 saturated carbocycles. The molecule has 0 fully saturated rings. The van der Waals surface area contributed by atoms with E-state index in [4.69, 9.17) is 4.74 Å². The van der Waals surface area contributed by atoms with E-state index in [9.17, 15) is 14.4 Å². The highest BCUT2D eigenvalue weighted by atomic mass is 32.1. The number of Topliss-reactive ketones (excluding diaryl/α,β-unsaturated/α-hetero) is 1. The topological polar surface area (TPSA) is 72.5 Å². The highest BCUT2D eigenvalue weighted by Crippen LogP contribution is 2.51.